The number of ether oxygens (including phenoxy) is 2. The van der Waals surface area contributed by atoms with Gasteiger partial charge in [-0.05, 0) is 24.3 Å². The number of carbonyl (C=O) groups is 2. The smallest absolute Gasteiger partial charge is 0.308 e. The molecule has 0 spiro atoms. The van der Waals surface area contributed by atoms with Crippen molar-refractivity contribution < 1.29 is 32.4 Å². The fourth-order valence-electron chi connectivity index (χ4n) is 3.10. The molecule has 0 aromatic heterocycles. The molecule has 170 valence electrons. The molecule has 3 rings (SSSR count). The number of carbonyl (C=O) groups excluding carboxylic acids is 2. The Morgan fingerprint density at radius 2 is 1.81 bits per heavy atom. The van der Waals surface area contributed by atoms with Crippen LogP contribution in [0.5, 0.6) is 5.75 Å². The van der Waals surface area contributed by atoms with Crippen LogP contribution >= 0.6 is 0 Å². The zero-order chi connectivity index (χ0) is 23.1. The highest BCUT2D eigenvalue weighted by Gasteiger charge is 2.40. The molecular formula is C20H21N3O8S. The van der Waals surface area contributed by atoms with E-state index in [9.17, 15) is 28.1 Å². The van der Waals surface area contributed by atoms with E-state index in [-0.39, 0.29) is 36.9 Å². The number of nitro benzene ring substituents is 1. The molecule has 2 aromatic carbocycles. The number of hydrogen-bond acceptors (Lipinski definition) is 8. The second-order valence-electron chi connectivity index (χ2n) is 6.76. The minimum Gasteiger partial charge on any atom is -0.490 e. The predicted molar refractivity (Wildman–Crippen MR) is 111 cm³/mol. The van der Waals surface area contributed by atoms with Gasteiger partial charge >= 0.3 is 5.97 Å². The van der Waals surface area contributed by atoms with Gasteiger partial charge in [0, 0.05) is 25.2 Å². The molecule has 1 aliphatic rings. The summed E-state index contributed by atoms with van der Waals surface area (Å²) in [5.41, 5.74) is -0.266. The van der Waals surface area contributed by atoms with Crippen LogP contribution in [-0.2, 0) is 24.3 Å². The van der Waals surface area contributed by atoms with E-state index in [0.717, 1.165) is 28.6 Å². The summed E-state index contributed by atoms with van der Waals surface area (Å²) in [5, 5.41) is 13.3. The number of hydrogen-bond donors (Lipinski definition) is 1. The Morgan fingerprint density at radius 1 is 1.12 bits per heavy atom. The molecule has 0 bridgehead atoms. The number of nitrogens with one attached hydrogen (secondary N) is 1. The first kappa shape index (κ1) is 23.2. The highest BCUT2D eigenvalue weighted by Crippen LogP contribution is 2.24. The van der Waals surface area contributed by atoms with Crippen LogP contribution in [0.25, 0.3) is 0 Å². The van der Waals surface area contributed by atoms with Gasteiger partial charge in [0.1, 0.15) is 25.0 Å². The number of rotatable bonds is 9. The highest BCUT2D eigenvalue weighted by atomic mass is 32.2. The summed E-state index contributed by atoms with van der Waals surface area (Å²) in [7, 11) is -4.18. The number of benzene rings is 2. The average molecular weight is 463 g/mol. The Hall–Kier alpha value is -3.51. The number of para-hydroxylation sites is 1. The third-order valence-electron chi connectivity index (χ3n) is 4.65. The summed E-state index contributed by atoms with van der Waals surface area (Å²) in [6.45, 7) is 0.0379. The second-order valence-corrected chi connectivity index (χ2v) is 8.65. The summed E-state index contributed by atoms with van der Waals surface area (Å²) in [5.74, 6) is -0.776. The van der Waals surface area contributed by atoms with Crippen LogP contribution < -0.4 is 10.1 Å². The lowest BCUT2D eigenvalue weighted by atomic mass is 10.1. The second kappa shape index (κ2) is 10.2. The van der Waals surface area contributed by atoms with Crippen molar-refractivity contribution in [3.8, 4) is 5.75 Å². The lowest BCUT2D eigenvalue weighted by Gasteiger charge is -2.33. The van der Waals surface area contributed by atoms with Gasteiger partial charge in [0.25, 0.3) is 5.69 Å². The normalized spacial score (nSPS) is 16.8. The molecule has 1 aliphatic heterocycles. The fraction of sp³-hybridized carbons (Fsp3) is 0.300. The van der Waals surface area contributed by atoms with E-state index >= 15 is 0 Å². The van der Waals surface area contributed by atoms with Gasteiger partial charge < -0.3 is 14.8 Å². The van der Waals surface area contributed by atoms with Crippen LogP contribution in [-0.4, -0.2) is 61.9 Å². The number of non-ortho nitro benzene ring substituents is 1. The molecule has 11 nitrogen and oxygen atoms in total. The first-order valence-corrected chi connectivity index (χ1v) is 11.1. The molecule has 32 heavy (non-hydrogen) atoms. The van der Waals surface area contributed by atoms with E-state index in [1.54, 1.807) is 24.3 Å². The number of nitrogens with zero attached hydrogens (tertiary/aromatic N) is 2. The van der Waals surface area contributed by atoms with Crippen molar-refractivity contribution in [3.05, 3.63) is 64.7 Å². The topological polar surface area (TPSA) is 145 Å². The van der Waals surface area contributed by atoms with E-state index in [1.165, 1.54) is 0 Å². The molecule has 1 fully saturated rings. The molecule has 1 heterocycles. The quantitative estimate of drug-likeness (QED) is 0.252. The van der Waals surface area contributed by atoms with Gasteiger partial charge in [-0.3, -0.25) is 19.7 Å². The van der Waals surface area contributed by atoms with Crippen molar-refractivity contribution in [1.82, 2.24) is 9.62 Å². The van der Waals surface area contributed by atoms with Crippen LogP contribution in [0.4, 0.5) is 5.69 Å². The molecule has 1 unspecified atom stereocenters. The summed E-state index contributed by atoms with van der Waals surface area (Å²) >= 11 is 0. The molecule has 1 amide bonds. The number of piperazine rings is 1. The Kier molecular flexibility index (Phi) is 7.38. The minimum absolute atomic E-state index is 0.0554. The monoisotopic (exact) mass is 463 g/mol. The summed E-state index contributed by atoms with van der Waals surface area (Å²) in [6, 6.07) is 11.9. The Balaban J connectivity index is 1.63. The van der Waals surface area contributed by atoms with Crippen molar-refractivity contribution >= 4 is 27.6 Å². The van der Waals surface area contributed by atoms with Crippen LogP contribution in [0.3, 0.4) is 0 Å². The van der Waals surface area contributed by atoms with Gasteiger partial charge in [-0.15, -0.1) is 0 Å². The van der Waals surface area contributed by atoms with Gasteiger partial charge in [0.05, 0.1) is 16.2 Å². The Bertz CT molecular complexity index is 1070. The summed E-state index contributed by atoms with van der Waals surface area (Å²) < 4.78 is 37.5. The van der Waals surface area contributed by atoms with Crippen LogP contribution in [0, 0.1) is 10.1 Å². The maximum Gasteiger partial charge on any atom is 0.308 e. The van der Waals surface area contributed by atoms with Gasteiger partial charge in [0.2, 0.25) is 15.9 Å². The van der Waals surface area contributed by atoms with Gasteiger partial charge in [-0.2, -0.15) is 4.31 Å². The van der Waals surface area contributed by atoms with Crippen LogP contribution in [0.2, 0.25) is 0 Å². The third-order valence-corrected chi connectivity index (χ3v) is 6.58. The van der Waals surface area contributed by atoms with Gasteiger partial charge in [0.15, 0.2) is 0 Å². The van der Waals surface area contributed by atoms with Crippen molar-refractivity contribution in [2.75, 3.05) is 26.3 Å². The summed E-state index contributed by atoms with van der Waals surface area (Å²) in [6.07, 6.45) is -0.483. The first-order valence-electron chi connectivity index (χ1n) is 9.66. The number of amides is 1. The van der Waals surface area contributed by atoms with E-state index in [4.69, 9.17) is 9.47 Å². The molecule has 1 N–H and O–H groups in total. The van der Waals surface area contributed by atoms with E-state index in [0.29, 0.717) is 5.75 Å². The fourth-order valence-corrected chi connectivity index (χ4v) is 4.69. The van der Waals surface area contributed by atoms with Crippen LogP contribution in [0.15, 0.2) is 59.5 Å². The summed E-state index contributed by atoms with van der Waals surface area (Å²) in [4.78, 5) is 34.5. The van der Waals surface area contributed by atoms with Gasteiger partial charge in [-0.1, -0.05) is 18.2 Å². The molecule has 0 saturated carbocycles. The van der Waals surface area contributed by atoms with Crippen LogP contribution in [0.1, 0.15) is 6.42 Å². The Morgan fingerprint density at radius 3 is 2.47 bits per heavy atom. The largest absolute Gasteiger partial charge is 0.490 e. The number of nitro groups is 1. The first-order chi connectivity index (χ1) is 15.3. The molecule has 12 heteroatoms. The van der Waals surface area contributed by atoms with E-state index < -0.39 is 39.3 Å². The van der Waals surface area contributed by atoms with E-state index in [2.05, 4.69) is 5.32 Å². The zero-order valence-corrected chi connectivity index (χ0v) is 17.7. The molecule has 1 atom stereocenters. The number of sulfonamides is 1. The van der Waals surface area contributed by atoms with Crippen molar-refractivity contribution in [2.24, 2.45) is 0 Å². The lowest BCUT2D eigenvalue weighted by molar-refractivity contribution is -0.384. The maximum absolute atomic E-state index is 13.0. The molecule has 0 aliphatic carbocycles. The average Bonchev–Trinajstić information content (AvgIpc) is 2.78. The lowest BCUT2D eigenvalue weighted by Crippen LogP contribution is -2.57. The third kappa shape index (κ3) is 5.59. The van der Waals surface area contributed by atoms with Crippen molar-refractivity contribution in [2.45, 2.75) is 17.4 Å². The highest BCUT2D eigenvalue weighted by molar-refractivity contribution is 7.89. The van der Waals surface area contributed by atoms with Gasteiger partial charge in [-0.25, -0.2) is 8.42 Å². The minimum atomic E-state index is -4.18. The van der Waals surface area contributed by atoms with Crippen molar-refractivity contribution in [1.29, 1.82) is 0 Å². The maximum atomic E-state index is 13.0. The standard InChI is InChI=1S/C20H21N3O8S/c24-19(31-13-12-30-16-4-2-1-3-5-16)14-18-20(25)21-10-11-22(18)32(28,29)17-8-6-15(7-9-17)23(26)27/h1-9,18H,10-14H2,(H,21,25). The predicted octanol–water partition coefficient (Wildman–Crippen LogP) is 1.10. The molecule has 2 aromatic rings. The van der Waals surface area contributed by atoms with E-state index in [1.807, 2.05) is 6.07 Å². The van der Waals surface area contributed by atoms with Crippen molar-refractivity contribution in [3.63, 3.8) is 0 Å². The molecular weight excluding hydrogens is 442 g/mol. The number of esters is 1. The zero-order valence-electron chi connectivity index (χ0n) is 16.9. The Labute approximate surface area is 184 Å². The SMILES string of the molecule is O=C(CC1C(=O)NCCN1S(=O)(=O)c1ccc([N+](=O)[O-])cc1)OCCOc1ccccc1. The molecule has 0 radical (unpaired) electrons. The molecule has 1 saturated heterocycles.